The van der Waals surface area contributed by atoms with Crippen LogP contribution in [0.15, 0.2) is 11.1 Å². The van der Waals surface area contributed by atoms with Crippen molar-refractivity contribution >= 4 is 17.4 Å². The molecule has 5 nitrogen and oxygen atoms in total. The number of aromatic amines is 1. The minimum Gasteiger partial charge on any atom is -0.396 e. The lowest BCUT2D eigenvalue weighted by atomic mass is 9.90. The van der Waals surface area contributed by atoms with Gasteiger partial charge in [0.1, 0.15) is 5.02 Å². The molecule has 1 heterocycles. The molecule has 1 rings (SSSR count). The average molecular weight is 246 g/mol. The largest absolute Gasteiger partial charge is 0.396 e. The van der Waals surface area contributed by atoms with E-state index >= 15 is 0 Å². The van der Waals surface area contributed by atoms with Crippen LogP contribution in [0.3, 0.4) is 0 Å². The van der Waals surface area contributed by atoms with E-state index in [0.29, 0.717) is 18.8 Å². The molecule has 0 aliphatic carbocycles. The van der Waals surface area contributed by atoms with Crippen molar-refractivity contribution in [2.24, 2.45) is 5.41 Å². The van der Waals surface area contributed by atoms with Crippen LogP contribution in [0, 0.1) is 5.41 Å². The number of H-pyrrole nitrogens is 1. The fraction of sp³-hybridized carbons (Fsp3) is 0.600. The van der Waals surface area contributed by atoms with Crippen molar-refractivity contribution < 1.29 is 5.11 Å². The molecule has 0 aliphatic rings. The van der Waals surface area contributed by atoms with Crippen LogP contribution in [0.25, 0.3) is 0 Å². The highest BCUT2D eigenvalue weighted by atomic mass is 35.5. The van der Waals surface area contributed by atoms with Gasteiger partial charge in [0.2, 0.25) is 0 Å². The minimum absolute atomic E-state index is 0.0577. The molecule has 3 N–H and O–H groups in total. The number of halogens is 1. The van der Waals surface area contributed by atoms with Gasteiger partial charge in [0.25, 0.3) is 5.56 Å². The fourth-order valence-corrected chi connectivity index (χ4v) is 1.39. The zero-order valence-corrected chi connectivity index (χ0v) is 10.1. The molecule has 0 saturated carbocycles. The van der Waals surface area contributed by atoms with Gasteiger partial charge in [0, 0.05) is 13.2 Å². The second kappa shape index (κ2) is 5.32. The second-order valence-corrected chi connectivity index (χ2v) is 4.76. The molecule has 16 heavy (non-hydrogen) atoms. The molecule has 0 radical (unpaired) electrons. The second-order valence-electron chi connectivity index (χ2n) is 4.39. The molecule has 0 fully saturated rings. The van der Waals surface area contributed by atoms with E-state index in [9.17, 15) is 4.79 Å². The summed E-state index contributed by atoms with van der Waals surface area (Å²) in [4.78, 5) is 17.5. The van der Waals surface area contributed by atoms with Crippen LogP contribution in [0.4, 0.5) is 5.82 Å². The highest BCUT2D eigenvalue weighted by molar-refractivity contribution is 6.32. The van der Waals surface area contributed by atoms with E-state index < -0.39 is 0 Å². The maximum Gasteiger partial charge on any atom is 0.271 e. The van der Waals surface area contributed by atoms with Gasteiger partial charge in [-0.25, -0.2) is 4.98 Å². The van der Waals surface area contributed by atoms with Crippen molar-refractivity contribution in [1.29, 1.82) is 0 Å². The Kier molecular flexibility index (Phi) is 4.32. The van der Waals surface area contributed by atoms with Crippen molar-refractivity contribution in [3.63, 3.8) is 0 Å². The van der Waals surface area contributed by atoms with E-state index in [2.05, 4.69) is 15.3 Å². The first-order valence-corrected chi connectivity index (χ1v) is 5.42. The summed E-state index contributed by atoms with van der Waals surface area (Å²) in [6, 6.07) is 0. The molecule has 0 aliphatic heterocycles. The predicted octanol–water partition coefficient (Wildman–Crippen LogP) is 1.24. The standard InChI is InChI=1S/C10H16ClN3O2/c1-10(2,3-4-15)5-12-8-7(11)9(16)14-6-13-8/h6,15H,3-5H2,1-2H3,(H2,12,13,14,16). The van der Waals surface area contributed by atoms with Gasteiger partial charge in [-0.1, -0.05) is 25.4 Å². The quantitative estimate of drug-likeness (QED) is 0.730. The Morgan fingerprint density at radius 1 is 1.62 bits per heavy atom. The molecule has 6 heteroatoms. The van der Waals surface area contributed by atoms with Gasteiger partial charge in [-0.05, 0) is 11.8 Å². The number of aliphatic hydroxyl groups is 1. The van der Waals surface area contributed by atoms with Crippen molar-refractivity contribution in [2.75, 3.05) is 18.5 Å². The lowest BCUT2D eigenvalue weighted by molar-refractivity contribution is 0.220. The molecular formula is C10H16ClN3O2. The van der Waals surface area contributed by atoms with Gasteiger partial charge in [0.15, 0.2) is 5.82 Å². The number of hydrogen-bond acceptors (Lipinski definition) is 4. The van der Waals surface area contributed by atoms with Crippen LogP contribution in [-0.4, -0.2) is 28.2 Å². The van der Waals surface area contributed by atoms with Gasteiger partial charge in [-0.3, -0.25) is 4.79 Å². The summed E-state index contributed by atoms with van der Waals surface area (Å²) in [6.07, 6.45) is 1.97. The van der Waals surface area contributed by atoms with Crippen LogP contribution in [0.5, 0.6) is 0 Å². The highest BCUT2D eigenvalue weighted by Crippen LogP contribution is 2.21. The molecule has 0 spiro atoms. The summed E-state index contributed by atoms with van der Waals surface area (Å²) in [5.41, 5.74) is -0.443. The smallest absolute Gasteiger partial charge is 0.271 e. The fourth-order valence-electron chi connectivity index (χ4n) is 1.22. The van der Waals surface area contributed by atoms with Crippen molar-refractivity contribution in [2.45, 2.75) is 20.3 Å². The maximum atomic E-state index is 11.2. The van der Waals surface area contributed by atoms with Crippen LogP contribution in [-0.2, 0) is 0 Å². The van der Waals surface area contributed by atoms with E-state index in [4.69, 9.17) is 16.7 Å². The molecule has 0 aromatic carbocycles. The minimum atomic E-state index is -0.362. The summed E-state index contributed by atoms with van der Waals surface area (Å²) >= 11 is 5.78. The Balaban J connectivity index is 2.68. The third kappa shape index (κ3) is 3.50. The monoisotopic (exact) mass is 245 g/mol. The van der Waals surface area contributed by atoms with E-state index in [-0.39, 0.29) is 22.6 Å². The maximum absolute atomic E-state index is 11.2. The highest BCUT2D eigenvalue weighted by Gasteiger charge is 2.17. The van der Waals surface area contributed by atoms with Gasteiger partial charge in [-0.2, -0.15) is 0 Å². The molecule has 0 amide bonds. The number of anilines is 1. The van der Waals surface area contributed by atoms with E-state index in [1.54, 1.807) is 0 Å². The van der Waals surface area contributed by atoms with Gasteiger partial charge in [-0.15, -0.1) is 0 Å². The number of rotatable bonds is 5. The normalized spacial score (nSPS) is 11.5. The van der Waals surface area contributed by atoms with Crippen molar-refractivity contribution in [3.05, 3.63) is 21.7 Å². The molecule has 1 aromatic heterocycles. The molecule has 1 aromatic rings. The summed E-state index contributed by atoms with van der Waals surface area (Å²) in [5.74, 6) is 0.372. The Morgan fingerprint density at radius 2 is 2.31 bits per heavy atom. The molecule has 90 valence electrons. The predicted molar refractivity (Wildman–Crippen MR) is 63.8 cm³/mol. The molecule has 0 saturated heterocycles. The summed E-state index contributed by atoms with van der Waals surface area (Å²) < 4.78 is 0. The Labute approximate surface area is 98.9 Å². The van der Waals surface area contributed by atoms with Crippen molar-refractivity contribution in [3.8, 4) is 0 Å². The third-order valence-corrected chi connectivity index (χ3v) is 2.67. The van der Waals surface area contributed by atoms with Crippen LogP contribution >= 0.6 is 11.6 Å². The Bertz CT molecular complexity index is 403. The van der Waals surface area contributed by atoms with Crippen LogP contribution < -0.4 is 10.9 Å². The molecule has 0 unspecified atom stereocenters. The van der Waals surface area contributed by atoms with E-state index in [1.165, 1.54) is 6.33 Å². The van der Waals surface area contributed by atoms with Gasteiger partial charge < -0.3 is 15.4 Å². The third-order valence-electron chi connectivity index (χ3n) is 2.32. The zero-order chi connectivity index (χ0) is 12.2. The summed E-state index contributed by atoms with van der Waals surface area (Å²) in [6.45, 7) is 4.74. The average Bonchev–Trinajstić information content (AvgIpc) is 2.20. The topological polar surface area (TPSA) is 78.0 Å². The number of nitrogens with one attached hydrogen (secondary N) is 2. The first-order valence-electron chi connectivity index (χ1n) is 5.04. The lowest BCUT2D eigenvalue weighted by Gasteiger charge is -2.24. The molecular weight excluding hydrogens is 230 g/mol. The summed E-state index contributed by atoms with van der Waals surface area (Å²) in [7, 11) is 0. The molecule has 0 atom stereocenters. The first-order chi connectivity index (χ1) is 7.46. The SMILES string of the molecule is CC(C)(CCO)CNc1nc[nH]c(=O)c1Cl. The lowest BCUT2D eigenvalue weighted by Crippen LogP contribution is -2.25. The zero-order valence-electron chi connectivity index (χ0n) is 9.38. The van der Waals surface area contributed by atoms with Crippen molar-refractivity contribution in [1.82, 2.24) is 9.97 Å². The van der Waals surface area contributed by atoms with Gasteiger partial charge >= 0.3 is 0 Å². The number of aliphatic hydroxyl groups excluding tert-OH is 1. The van der Waals surface area contributed by atoms with Crippen LogP contribution in [0.1, 0.15) is 20.3 Å². The number of nitrogens with zero attached hydrogens (tertiary/aromatic N) is 1. The Morgan fingerprint density at radius 3 is 2.94 bits per heavy atom. The molecule has 0 bridgehead atoms. The summed E-state index contributed by atoms with van der Waals surface area (Å²) in [5, 5.41) is 11.9. The Hall–Kier alpha value is -1.07. The van der Waals surface area contributed by atoms with Gasteiger partial charge in [0.05, 0.1) is 6.33 Å². The van der Waals surface area contributed by atoms with E-state index in [1.807, 2.05) is 13.8 Å². The van der Waals surface area contributed by atoms with E-state index in [0.717, 1.165) is 0 Å². The first kappa shape index (κ1) is 13.0. The number of aromatic nitrogens is 2. The van der Waals surface area contributed by atoms with Crippen LogP contribution in [0.2, 0.25) is 5.02 Å². The number of hydrogen-bond donors (Lipinski definition) is 3.